The summed E-state index contributed by atoms with van der Waals surface area (Å²) >= 11 is 0. The number of carboxylic acid groups (broad SMARTS) is 1. The van der Waals surface area contributed by atoms with Gasteiger partial charge in [0.15, 0.2) is 0 Å². The molecular formula is C3H9NO6P+. The Hall–Kier alpha value is -0.300. The second-order valence-electron chi connectivity index (χ2n) is 1.75. The number of aliphatic carboxylic acids is 1. The fraction of sp³-hybridized carbons (Fsp3) is 0.667. The van der Waals surface area contributed by atoms with Crippen LogP contribution in [0.25, 0.3) is 0 Å². The number of hydrogen-bond acceptors (Lipinski definition) is 6. The third-order valence-corrected chi connectivity index (χ3v) is 1.24. The van der Waals surface area contributed by atoms with E-state index in [0.29, 0.717) is 0 Å². The number of hydrogen-bond donors (Lipinski definition) is 5. The van der Waals surface area contributed by atoms with Gasteiger partial charge in [-0.05, 0) is 0 Å². The summed E-state index contributed by atoms with van der Waals surface area (Å²) in [6.45, 7) is -0.646. The third-order valence-electron chi connectivity index (χ3n) is 0.744. The third kappa shape index (κ3) is 6.11. The van der Waals surface area contributed by atoms with Gasteiger partial charge in [0.25, 0.3) is 0 Å². The topological polar surface area (TPSA) is 133 Å². The molecule has 0 amide bonds. The van der Waals surface area contributed by atoms with Crippen LogP contribution in [0.15, 0.2) is 0 Å². The molecule has 0 heterocycles. The Morgan fingerprint density at radius 2 is 2.00 bits per heavy atom. The van der Waals surface area contributed by atoms with E-state index in [2.05, 4.69) is 4.52 Å². The van der Waals surface area contributed by atoms with Gasteiger partial charge in [-0.15, -0.1) is 0 Å². The number of rotatable bonds is 4. The molecule has 0 bridgehead atoms. The molecule has 0 radical (unpaired) electrons. The smallest absolute Gasteiger partial charge is 0.480 e. The second kappa shape index (κ2) is 3.91. The monoisotopic (exact) mass is 186 g/mol. The van der Waals surface area contributed by atoms with Crippen LogP contribution in [0.5, 0.6) is 0 Å². The van der Waals surface area contributed by atoms with Crippen molar-refractivity contribution >= 4 is 14.1 Å². The van der Waals surface area contributed by atoms with E-state index in [9.17, 15) is 4.79 Å². The van der Waals surface area contributed by atoms with Crippen molar-refractivity contribution < 1.29 is 29.1 Å². The van der Waals surface area contributed by atoms with Crippen LogP contribution in [-0.2, 0) is 9.32 Å². The minimum absolute atomic E-state index is 0.646. The van der Waals surface area contributed by atoms with E-state index in [4.69, 9.17) is 25.5 Å². The van der Waals surface area contributed by atoms with Gasteiger partial charge in [-0.25, -0.2) is 0 Å². The van der Waals surface area contributed by atoms with Crippen molar-refractivity contribution in [3.63, 3.8) is 0 Å². The molecule has 1 unspecified atom stereocenters. The number of nitrogens with two attached hydrogens (primary N) is 1. The average molecular weight is 186 g/mol. The summed E-state index contributed by atoms with van der Waals surface area (Å²) in [6, 6.07) is -1.37. The predicted octanol–water partition coefficient (Wildman–Crippen LogP) is -1.93. The lowest BCUT2D eigenvalue weighted by molar-refractivity contribution is -0.139. The van der Waals surface area contributed by atoms with Crippen LogP contribution < -0.4 is 5.73 Å². The quantitative estimate of drug-likeness (QED) is 0.323. The Kier molecular flexibility index (Phi) is 3.81. The zero-order valence-electron chi connectivity index (χ0n) is 5.41. The van der Waals surface area contributed by atoms with Crippen molar-refractivity contribution in [2.24, 2.45) is 5.73 Å². The molecular weight excluding hydrogens is 177 g/mol. The standard InChI is InChI=1S/C3H8NO6P/c4-2(3(5)6)1-10-11(7,8)9/h2,7-9H,1,4H2/p+1. The van der Waals surface area contributed by atoms with Crippen LogP contribution in [0.4, 0.5) is 0 Å². The van der Waals surface area contributed by atoms with Crippen molar-refractivity contribution in [3.05, 3.63) is 0 Å². The SMILES string of the molecule is NC(CO[P+](O)(O)O)C(=O)O. The Morgan fingerprint density at radius 1 is 1.55 bits per heavy atom. The van der Waals surface area contributed by atoms with Gasteiger partial charge in [0.05, 0.1) is 0 Å². The molecule has 0 spiro atoms. The zero-order valence-corrected chi connectivity index (χ0v) is 6.31. The fourth-order valence-electron chi connectivity index (χ4n) is 0.252. The molecule has 0 aromatic heterocycles. The highest BCUT2D eigenvalue weighted by atomic mass is 31.2. The van der Waals surface area contributed by atoms with Gasteiger partial charge in [0, 0.05) is 0 Å². The van der Waals surface area contributed by atoms with Crippen molar-refractivity contribution in [1.82, 2.24) is 0 Å². The van der Waals surface area contributed by atoms with Gasteiger partial charge in [-0.3, -0.25) is 4.79 Å². The Balaban J connectivity index is 3.63. The molecule has 7 nitrogen and oxygen atoms in total. The average Bonchev–Trinajstić information content (AvgIpc) is 1.80. The lowest BCUT2D eigenvalue weighted by Gasteiger charge is -2.05. The van der Waals surface area contributed by atoms with Gasteiger partial charge in [-0.1, -0.05) is 0 Å². The van der Waals surface area contributed by atoms with Crippen molar-refractivity contribution in [3.8, 4) is 0 Å². The maximum atomic E-state index is 9.98. The first-order chi connectivity index (χ1) is 4.83. The first-order valence-corrected chi connectivity index (χ1v) is 4.09. The van der Waals surface area contributed by atoms with Crippen molar-refractivity contribution in [2.75, 3.05) is 6.61 Å². The molecule has 6 N–H and O–H groups in total. The van der Waals surface area contributed by atoms with E-state index in [0.717, 1.165) is 0 Å². The van der Waals surface area contributed by atoms with E-state index >= 15 is 0 Å². The van der Waals surface area contributed by atoms with Gasteiger partial charge < -0.3 is 10.8 Å². The maximum Gasteiger partial charge on any atom is 0.567 e. The first-order valence-electron chi connectivity index (χ1n) is 2.53. The van der Waals surface area contributed by atoms with Crippen LogP contribution in [0.2, 0.25) is 0 Å². The molecule has 66 valence electrons. The molecule has 0 saturated heterocycles. The lowest BCUT2D eigenvalue weighted by Crippen LogP contribution is -2.34. The largest absolute Gasteiger partial charge is 0.567 e. The molecule has 0 aliphatic carbocycles. The molecule has 0 aromatic rings. The summed E-state index contributed by atoms with van der Waals surface area (Å²) in [7, 11) is -4.35. The van der Waals surface area contributed by atoms with Crippen LogP contribution in [0.1, 0.15) is 0 Å². The van der Waals surface area contributed by atoms with Gasteiger partial charge in [0.2, 0.25) is 0 Å². The Bertz CT molecular complexity index is 143. The van der Waals surface area contributed by atoms with E-state index in [1.54, 1.807) is 0 Å². The van der Waals surface area contributed by atoms with E-state index in [1.165, 1.54) is 0 Å². The molecule has 1 atom stereocenters. The molecule has 0 aliphatic rings. The van der Waals surface area contributed by atoms with Crippen LogP contribution in [0, 0.1) is 0 Å². The predicted molar refractivity (Wildman–Crippen MR) is 35.1 cm³/mol. The van der Waals surface area contributed by atoms with E-state index in [1.807, 2.05) is 0 Å². The summed E-state index contributed by atoms with van der Waals surface area (Å²) in [6.07, 6.45) is 0. The molecule has 0 aromatic carbocycles. The zero-order chi connectivity index (χ0) is 9.07. The van der Waals surface area contributed by atoms with Gasteiger partial charge in [0.1, 0.15) is 12.6 Å². The second-order valence-corrected chi connectivity index (χ2v) is 3.04. The molecule has 11 heavy (non-hydrogen) atoms. The number of carboxylic acids is 1. The van der Waals surface area contributed by atoms with Crippen LogP contribution in [-0.4, -0.2) is 38.4 Å². The van der Waals surface area contributed by atoms with Crippen molar-refractivity contribution in [1.29, 1.82) is 0 Å². The highest BCUT2D eigenvalue weighted by Gasteiger charge is 2.34. The Labute approximate surface area is 62.7 Å². The minimum atomic E-state index is -4.35. The normalized spacial score (nSPS) is 14.5. The maximum absolute atomic E-state index is 9.98. The molecule has 0 fully saturated rings. The van der Waals surface area contributed by atoms with Crippen LogP contribution in [0.3, 0.4) is 0 Å². The van der Waals surface area contributed by atoms with E-state index < -0.39 is 26.8 Å². The molecule has 8 heteroatoms. The number of carbonyl (C=O) groups is 1. The molecule has 0 saturated carbocycles. The summed E-state index contributed by atoms with van der Waals surface area (Å²) < 4.78 is 3.92. The molecule has 0 aliphatic heterocycles. The molecule has 0 rings (SSSR count). The van der Waals surface area contributed by atoms with Crippen molar-refractivity contribution in [2.45, 2.75) is 6.04 Å². The fourth-order valence-corrected chi connectivity index (χ4v) is 0.612. The van der Waals surface area contributed by atoms with E-state index in [-0.39, 0.29) is 0 Å². The Morgan fingerprint density at radius 3 is 2.27 bits per heavy atom. The lowest BCUT2D eigenvalue weighted by atomic mass is 10.3. The first kappa shape index (κ1) is 10.7. The van der Waals surface area contributed by atoms with Gasteiger partial charge in [-0.2, -0.15) is 19.2 Å². The summed E-state index contributed by atoms with van der Waals surface area (Å²) in [4.78, 5) is 34.6. The van der Waals surface area contributed by atoms with Gasteiger partial charge >= 0.3 is 14.1 Å². The minimum Gasteiger partial charge on any atom is -0.480 e. The van der Waals surface area contributed by atoms with Crippen LogP contribution >= 0.6 is 8.17 Å². The highest BCUT2D eigenvalue weighted by molar-refractivity contribution is 7.53. The highest BCUT2D eigenvalue weighted by Crippen LogP contribution is 2.45. The summed E-state index contributed by atoms with van der Waals surface area (Å²) in [5.41, 5.74) is 4.88. The summed E-state index contributed by atoms with van der Waals surface area (Å²) in [5.74, 6) is -1.35. The summed E-state index contributed by atoms with van der Waals surface area (Å²) in [5, 5.41) is 8.14.